The minimum atomic E-state index is -1.02. The number of nitrogens with zero attached hydrogens (tertiary/aromatic N) is 4. The summed E-state index contributed by atoms with van der Waals surface area (Å²) in [4.78, 5) is 34.8. The molecule has 43 heavy (non-hydrogen) atoms. The number of amides is 1. The van der Waals surface area contributed by atoms with Gasteiger partial charge in [0, 0.05) is 47.8 Å². The molecule has 10 heteroatoms. The lowest BCUT2D eigenvalue weighted by Crippen LogP contribution is -2.54. The Balaban J connectivity index is 1.53. The van der Waals surface area contributed by atoms with Crippen LogP contribution >= 0.6 is 11.6 Å². The van der Waals surface area contributed by atoms with Gasteiger partial charge in [0.05, 0.1) is 10.7 Å². The number of ether oxygens (including phenoxy) is 1. The number of aromatic nitrogens is 2. The van der Waals surface area contributed by atoms with Crippen LogP contribution in [0.1, 0.15) is 43.2 Å². The van der Waals surface area contributed by atoms with Crippen molar-refractivity contribution in [3.63, 3.8) is 0 Å². The third kappa shape index (κ3) is 4.32. The fourth-order valence-electron chi connectivity index (χ4n) is 6.61. The maximum Gasteiger partial charge on any atom is 0.354 e. The van der Waals surface area contributed by atoms with Crippen LogP contribution in [0.25, 0.3) is 27.7 Å². The van der Waals surface area contributed by atoms with Crippen molar-refractivity contribution in [1.29, 1.82) is 0 Å². The standard InChI is InChI=1S/C33H29ClF2N4O3/c1-3-26(41)38-13-14-39(18(2)16-38)32-22-15-23(34)28-27-20(11-12-24(35)29(27)36)17-43-31(28)30(22)40(33(42)37-32)25-10-5-4-9-21(25)19-7-6-8-19/h3-5,9-12,15,18-19H,1,6-8,13-14,16-17H2,2H3/t18-/m0/s1. The van der Waals surface area contributed by atoms with Gasteiger partial charge in [0.25, 0.3) is 0 Å². The van der Waals surface area contributed by atoms with Crippen molar-refractivity contribution < 1.29 is 18.3 Å². The number of carbonyl (C=O) groups is 1. The zero-order valence-corrected chi connectivity index (χ0v) is 24.3. The van der Waals surface area contributed by atoms with Gasteiger partial charge in [0.2, 0.25) is 5.91 Å². The molecule has 7 rings (SSSR count). The van der Waals surface area contributed by atoms with Crippen LogP contribution in [0.4, 0.5) is 14.6 Å². The fourth-order valence-corrected chi connectivity index (χ4v) is 6.90. The summed E-state index contributed by atoms with van der Waals surface area (Å²) < 4.78 is 37.8. The summed E-state index contributed by atoms with van der Waals surface area (Å²) in [5.41, 5.74) is 2.26. The van der Waals surface area contributed by atoms with Crippen LogP contribution in [0.2, 0.25) is 5.02 Å². The Morgan fingerprint density at radius 3 is 2.65 bits per heavy atom. The van der Waals surface area contributed by atoms with Gasteiger partial charge < -0.3 is 14.5 Å². The van der Waals surface area contributed by atoms with Crippen molar-refractivity contribution >= 4 is 34.2 Å². The normalized spacial score (nSPS) is 18.1. The van der Waals surface area contributed by atoms with E-state index in [0.717, 1.165) is 30.9 Å². The number of para-hydroxylation sites is 1. The average molecular weight is 603 g/mol. The van der Waals surface area contributed by atoms with E-state index in [2.05, 4.69) is 11.6 Å². The summed E-state index contributed by atoms with van der Waals surface area (Å²) in [7, 11) is 0. The van der Waals surface area contributed by atoms with E-state index in [4.69, 9.17) is 16.3 Å². The number of carbonyl (C=O) groups excluding carboxylic acids is 1. The molecule has 3 heterocycles. The molecule has 1 amide bonds. The van der Waals surface area contributed by atoms with Crippen LogP contribution < -0.4 is 15.3 Å². The molecular formula is C33H29ClF2N4O3. The third-order valence-corrected chi connectivity index (χ3v) is 9.27. The highest BCUT2D eigenvalue weighted by Crippen LogP contribution is 2.50. The smallest absolute Gasteiger partial charge is 0.354 e. The van der Waals surface area contributed by atoms with Crippen LogP contribution in [-0.4, -0.2) is 46.0 Å². The number of halogens is 3. The molecule has 1 saturated heterocycles. The summed E-state index contributed by atoms with van der Waals surface area (Å²) in [5, 5.41) is 0.698. The van der Waals surface area contributed by atoms with E-state index in [1.165, 1.54) is 16.7 Å². The van der Waals surface area contributed by atoms with Gasteiger partial charge in [-0.2, -0.15) is 4.98 Å². The molecule has 0 bridgehead atoms. The summed E-state index contributed by atoms with van der Waals surface area (Å²) in [6, 6.07) is 11.8. The second-order valence-corrected chi connectivity index (χ2v) is 11.8. The Hall–Kier alpha value is -4.24. The Labute approximate surface area is 252 Å². The molecule has 1 saturated carbocycles. The van der Waals surface area contributed by atoms with E-state index in [0.29, 0.717) is 53.5 Å². The Kier molecular flexibility index (Phi) is 6.73. The largest absolute Gasteiger partial charge is 0.486 e. The highest BCUT2D eigenvalue weighted by atomic mass is 35.5. The van der Waals surface area contributed by atoms with Crippen LogP contribution in [0.3, 0.4) is 0 Å². The predicted molar refractivity (Wildman–Crippen MR) is 162 cm³/mol. The van der Waals surface area contributed by atoms with Gasteiger partial charge >= 0.3 is 5.69 Å². The van der Waals surface area contributed by atoms with Crippen molar-refractivity contribution in [2.45, 2.75) is 44.8 Å². The maximum absolute atomic E-state index is 15.4. The van der Waals surface area contributed by atoms with Gasteiger partial charge in [-0.1, -0.05) is 48.9 Å². The zero-order chi connectivity index (χ0) is 30.0. The van der Waals surface area contributed by atoms with E-state index >= 15 is 4.39 Å². The van der Waals surface area contributed by atoms with E-state index in [1.807, 2.05) is 36.1 Å². The summed E-state index contributed by atoms with van der Waals surface area (Å²) in [6.07, 6.45) is 4.43. The lowest BCUT2D eigenvalue weighted by molar-refractivity contribution is -0.126. The highest BCUT2D eigenvalue weighted by molar-refractivity contribution is 6.35. The Morgan fingerprint density at radius 1 is 1.14 bits per heavy atom. The molecule has 3 aliphatic rings. The Bertz CT molecular complexity index is 1890. The summed E-state index contributed by atoms with van der Waals surface area (Å²) in [6.45, 7) is 6.78. The first-order valence-corrected chi connectivity index (χ1v) is 14.8. The van der Waals surface area contributed by atoms with Gasteiger partial charge in [0.1, 0.15) is 17.9 Å². The van der Waals surface area contributed by atoms with Gasteiger partial charge in [0.15, 0.2) is 17.4 Å². The molecule has 1 aliphatic carbocycles. The number of piperazine rings is 1. The van der Waals surface area contributed by atoms with Crippen LogP contribution in [0.5, 0.6) is 5.75 Å². The lowest BCUT2D eigenvalue weighted by Gasteiger charge is -2.40. The minimum Gasteiger partial charge on any atom is -0.486 e. The van der Waals surface area contributed by atoms with E-state index in [-0.39, 0.29) is 40.5 Å². The SMILES string of the molecule is C=CC(=O)N1CCN(c2nc(=O)n(-c3ccccc3C3CCC3)c3c4c(c(Cl)cc23)-c2c(ccc(F)c2F)CO4)[C@@H](C)C1. The molecule has 0 unspecified atom stereocenters. The van der Waals surface area contributed by atoms with Crippen LogP contribution in [0.15, 0.2) is 59.9 Å². The van der Waals surface area contributed by atoms with Gasteiger partial charge in [-0.25, -0.2) is 13.6 Å². The highest BCUT2D eigenvalue weighted by Gasteiger charge is 2.34. The number of benzene rings is 3. The third-order valence-electron chi connectivity index (χ3n) is 8.98. The molecule has 2 aliphatic heterocycles. The molecule has 4 aromatic rings. The first-order valence-electron chi connectivity index (χ1n) is 14.4. The quantitative estimate of drug-likeness (QED) is 0.254. The van der Waals surface area contributed by atoms with Crippen molar-refractivity contribution in [3.8, 4) is 22.6 Å². The van der Waals surface area contributed by atoms with Crippen LogP contribution in [-0.2, 0) is 11.4 Å². The maximum atomic E-state index is 15.4. The fraction of sp³-hybridized carbons (Fsp3) is 0.303. The van der Waals surface area contributed by atoms with Crippen molar-refractivity contribution in [2.24, 2.45) is 0 Å². The molecular weight excluding hydrogens is 574 g/mol. The molecule has 2 fully saturated rings. The molecule has 1 atom stereocenters. The molecule has 0 radical (unpaired) electrons. The molecule has 220 valence electrons. The lowest BCUT2D eigenvalue weighted by atomic mass is 9.79. The zero-order valence-electron chi connectivity index (χ0n) is 23.6. The second kappa shape index (κ2) is 10.5. The molecule has 1 aromatic heterocycles. The van der Waals surface area contributed by atoms with Crippen molar-refractivity contribution in [2.75, 3.05) is 24.5 Å². The van der Waals surface area contributed by atoms with E-state index in [9.17, 15) is 14.0 Å². The van der Waals surface area contributed by atoms with Crippen molar-refractivity contribution in [1.82, 2.24) is 14.5 Å². The van der Waals surface area contributed by atoms with E-state index < -0.39 is 17.3 Å². The monoisotopic (exact) mass is 602 g/mol. The average Bonchev–Trinajstić information content (AvgIpc) is 2.98. The Morgan fingerprint density at radius 2 is 1.93 bits per heavy atom. The topological polar surface area (TPSA) is 67.7 Å². The second-order valence-electron chi connectivity index (χ2n) is 11.4. The van der Waals surface area contributed by atoms with E-state index in [1.54, 1.807) is 11.0 Å². The number of anilines is 1. The number of hydrogen-bond donors (Lipinski definition) is 0. The van der Waals surface area contributed by atoms with Crippen LogP contribution in [0, 0.1) is 11.6 Å². The molecule has 0 N–H and O–H groups in total. The summed E-state index contributed by atoms with van der Waals surface area (Å²) >= 11 is 6.89. The van der Waals surface area contributed by atoms with Gasteiger partial charge in [-0.3, -0.25) is 9.36 Å². The van der Waals surface area contributed by atoms with Crippen molar-refractivity contribution in [3.05, 3.63) is 93.4 Å². The van der Waals surface area contributed by atoms with Gasteiger partial charge in [-0.15, -0.1) is 0 Å². The van der Waals surface area contributed by atoms with Gasteiger partial charge in [-0.05, 0) is 55.5 Å². The molecule has 3 aromatic carbocycles. The first-order chi connectivity index (χ1) is 20.8. The summed E-state index contributed by atoms with van der Waals surface area (Å²) in [5.74, 6) is -1.27. The minimum absolute atomic E-state index is 0.0240. The first kappa shape index (κ1) is 27.6. The number of hydrogen-bond acceptors (Lipinski definition) is 5. The number of rotatable bonds is 4. The number of fused-ring (bicyclic) bond motifs is 5. The molecule has 0 spiro atoms. The molecule has 7 nitrogen and oxygen atoms in total. The predicted octanol–water partition coefficient (Wildman–Crippen LogP) is 6.37.